The molecule has 26 heavy (non-hydrogen) atoms. The van der Waals surface area contributed by atoms with E-state index in [4.69, 9.17) is 11.5 Å². The summed E-state index contributed by atoms with van der Waals surface area (Å²) < 4.78 is 21.6. The molecule has 7 nitrogen and oxygen atoms in total. The first kappa shape index (κ1) is 18.2. The molecule has 2 aromatic rings. The molecule has 1 aliphatic heterocycles. The van der Waals surface area contributed by atoms with Crippen LogP contribution in [-0.2, 0) is 28.2 Å². The average Bonchev–Trinajstić information content (AvgIpc) is 3.07. The molecule has 0 saturated heterocycles. The van der Waals surface area contributed by atoms with Crippen molar-refractivity contribution in [1.29, 1.82) is 0 Å². The van der Waals surface area contributed by atoms with E-state index in [1.165, 1.54) is 0 Å². The van der Waals surface area contributed by atoms with Crippen LogP contribution in [0, 0.1) is 0 Å². The lowest BCUT2D eigenvalue weighted by Gasteiger charge is -2.24. The number of carbonyl (C=O) groups excluding carboxylic acids is 1. The largest absolute Gasteiger partial charge is 0.772 e. The fourth-order valence-electron chi connectivity index (χ4n) is 2.91. The average molecular weight is 371 g/mol. The minimum atomic E-state index is -2.14. The van der Waals surface area contributed by atoms with Crippen LogP contribution in [0.4, 0.5) is 5.69 Å². The number of hydrogen-bond donors (Lipinski definition) is 2. The van der Waals surface area contributed by atoms with E-state index in [-0.39, 0.29) is 11.8 Å². The second-order valence-electron chi connectivity index (χ2n) is 6.04. The van der Waals surface area contributed by atoms with Crippen LogP contribution in [0.3, 0.4) is 0 Å². The van der Waals surface area contributed by atoms with Gasteiger partial charge in [0.2, 0.25) is 0 Å². The molecule has 8 heteroatoms. The molecule has 0 bridgehead atoms. The molecule has 136 valence electrons. The van der Waals surface area contributed by atoms with Crippen molar-refractivity contribution in [1.82, 2.24) is 0 Å². The van der Waals surface area contributed by atoms with Gasteiger partial charge in [-0.05, 0) is 28.8 Å². The highest BCUT2D eigenvalue weighted by Crippen LogP contribution is 2.35. The molecule has 3 rings (SSSR count). The van der Waals surface area contributed by atoms with Crippen molar-refractivity contribution in [3.8, 4) is 0 Å². The Kier molecular flexibility index (Phi) is 5.46. The highest BCUT2D eigenvalue weighted by atomic mass is 32.2. The van der Waals surface area contributed by atoms with Crippen molar-refractivity contribution >= 4 is 28.4 Å². The number of hydrogen-bond acceptors (Lipinski definition) is 6. The standard InChI is InChI=1S/C18H20N4O3S/c19-10-12-1-5-14(6-2-12)17-9-16(18(20)23)21-22(17)15-7-3-13(4-8-15)11-26(24)25/h1-8,17H,9-11,19H2,(H2,20,23)(H,24,25)/p-1. The Hall–Kier alpha value is -2.55. The summed E-state index contributed by atoms with van der Waals surface area (Å²) in [5.74, 6) is -0.588. The molecule has 1 heterocycles. The smallest absolute Gasteiger partial charge is 0.265 e. The molecule has 0 aliphatic carbocycles. The first-order chi connectivity index (χ1) is 12.5. The minimum Gasteiger partial charge on any atom is -0.772 e. The van der Waals surface area contributed by atoms with Gasteiger partial charge in [0.15, 0.2) is 0 Å². The van der Waals surface area contributed by atoms with Gasteiger partial charge in [0, 0.05) is 18.7 Å². The van der Waals surface area contributed by atoms with Crippen molar-refractivity contribution in [2.45, 2.75) is 24.8 Å². The van der Waals surface area contributed by atoms with Crippen LogP contribution in [0.15, 0.2) is 53.6 Å². The van der Waals surface area contributed by atoms with E-state index in [0.717, 1.165) is 16.8 Å². The third kappa shape index (κ3) is 3.98. The van der Waals surface area contributed by atoms with Crippen molar-refractivity contribution in [2.24, 2.45) is 16.6 Å². The summed E-state index contributed by atoms with van der Waals surface area (Å²) in [4.78, 5) is 11.6. The molecule has 2 aromatic carbocycles. The van der Waals surface area contributed by atoms with Gasteiger partial charge in [-0.15, -0.1) is 0 Å². The summed E-state index contributed by atoms with van der Waals surface area (Å²) in [5.41, 5.74) is 14.8. The molecule has 2 atom stereocenters. The molecule has 1 amide bonds. The van der Waals surface area contributed by atoms with E-state index in [9.17, 15) is 13.6 Å². The van der Waals surface area contributed by atoms with E-state index in [0.29, 0.717) is 24.2 Å². The summed E-state index contributed by atoms with van der Waals surface area (Å²) in [6, 6.07) is 14.7. The predicted molar refractivity (Wildman–Crippen MR) is 99.9 cm³/mol. The highest BCUT2D eigenvalue weighted by molar-refractivity contribution is 7.78. The Morgan fingerprint density at radius 1 is 1.15 bits per heavy atom. The molecular weight excluding hydrogens is 352 g/mol. The van der Waals surface area contributed by atoms with Gasteiger partial charge in [0.1, 0.15) is 5.71 Å². The van der Waals surface area contributed by atoms with Gasteiger partial charge >= 0.3 is 0 Å². The van der Waals surface area contributed by atoms with Gasteiger partial charge in [0.25, 0.3) is 5.91 Å². The van der Waals surface area contributed by atoms with Gasteiger partial charge in [0.05, 0.1) is 11.7 Å². The van der Waals surface area contributed by atoms with Crippen molar-refractivity contribution in [2.75, 3.05) is 5.01 Å². The van der Waals surface area contributed by atoms with Crippen LogP contribution in [0.2, 0.25) is 0 Å². The third-order valence-corrected chi connectivity index (χ3v) is 4.85. The zero-order valence-electron chi connectivity index (χ0n) is 14.0. The Bertz CT molecular complexity index is 850. The molecule has 0 fully saturated rings. The molecular formula is C18H19N4O3S-. The lowest BCUT2D eigenvalue weighted by Crippen LogP contribution is -2.22. The molecule has 4 N–H and O–H groups in total. The van der Waals surface area contributed by atoms with Crippen molar-refractivity contribution < 1.29 is 13.6 Å². The fraction of sp³-hybridized carbons (Fsp3) is 0.222. The summed E-state index contributed by atoms with van der Waals surface area (Å²) >= 11 is -2.14. The van der Waals surface area contributed by atoms with Crippen LogP contribution in [0.5, 0.6) is 0 Å². The molecule has 0 radical (unpaired) electrons. The SMILES string of the molecule is NCc1ccc(C2CC(C(N)=O)=NN2c2ccc(CS(=O)[O-])cc2)cc1. The maximum atomic E-state index is 11.6. The van der Waals surface area contributed by atoms with E-state index < -0.39 is 17.0 Å². The molecule has 0 spiro atoms. The Morgan fingerprint density at radius 3 is 2.31 bits per heavy atom. The number of benzene rings is 2. The quantitative estimate of drug-likeness (QED) is 0.741. The highest BCUT2D eigenvalue weighted by Gasteiger charge is 2.31. The fourth-order valence-corrected chi connectivity index (χ4v) is 3.38. The molecule has 2 unspecified atom stereocenters. The topological polar surface area (TPSA) is 125 Å². The predicted octanol–water partition coefficient (Wildman–Crippen LogP) is 1.32. The van der Waals surface area contributed by atoms with E-state index in [1.54, 1.807) is 29.3 Å². The minimum absolute atomic E-state index is 0.0416. The Balaban J connectivity index is 1.91. The zero-order chi connectivity index (χ0) is 18.7. The van der Waals surface area contributed by atoms with Crippen LogP contribution in [0.1, 0.15) is 29.2 Å². The van der Waals surface area contributed by atoms with E-state index in [2.05, 4.69) is 5.10 Å². The second-order valence-corrected chi connectivity index (χ2v) is 6.93. The number of primary amides is 1. The lowest BCUT2D eigenvalue weighted by molar-refractivity contribution is -0.112. The number of rotatable bonds is 6. The summed E-state index contributed by atoms with van der Waals surface area (Å²) in [6.07, 6.45) is 0.406. The van der Waals surface area contributed by atoms with Gasteiger partial charge < -0.3 is 16.0 Å². The van der Waals surface area contributed by atoms with Crippen molar-refractivity contribution in [3.05, 3.63) is 65.2 Å². The first-order valence-electron chi connectivity index (χ1n) is 8.08. The Morgan fingerprint density at radius 2 is 1.77 bits per heavy atom. The second kappa shape index (κ2) is 7.77. The third-order valence-electron chi connectivity index (χ3n) is 4.28. The van der Waals surface area contributed by atoms with Crippen molar-refractivity contribution in [3.63, 3.8) is 0 Å². The summed E-state index contributed by atoms with van der Waals surface area (Å²) in [6.45, 7) is 0.459. The zero-order valence-corrected chi connectivity index (χ0v) is 14.8. The van der Waals surface area contributed by atoms with Crippen LogP contribution in [-0.4, -0.2) is 20.4 Å². The first-order valence-corrected chi connectivity index (χ1v) is 9.32. The van der Waals surface area contributed by atoms with E-state index in [1.807, 2.05) is 24.3 Å². The maximum Gasteiger partial charge on any atom is 0.265 e. The monoisotopic (exact) mass is 371 g/mol. The van der Waals surface area contributed by atoms with Crippen LogP contribution < -0.4 is 16.5 Å². The maximum absolute atomic E-state index is 11.6. The number of nitrogens with zero attached hydrogens (tertiary/aromatic N) is 2. The van der Waals surface area contributed by atoms with Crippen LogP contribution >= 0.6 is 0 Å². The number of anilines is 1. The van der Waals surface area contributed by atoms with Gasteiger partial charge in [-0.2, -0.15) is 5.10 Å². The van der Waals surface area contributed by atoms with Gasteiger partial charge in [-0.25, -0.2) is 0 Å². The number of nitrogens with two attached hydrogens (primary N) is 2. The summed E-state index contributed by atoms with van der Waals surface area (Å²) in [5, 5.41) is 6.12. The number of carbonyl (C=O) groups is 1. The van der Waals surface area contributed by atoms with Crippen LogP contribution in [0.25, 0.3) is 0 Å². The molecule has 0 saturated carbocycles. The summed E-state index contributed by atoms with van der Waals surface area (Å²) in [7, 11) is 0. The molecule has 0 aromatic heterocycles. The van der Waals surface area contributed by atoms with Gasteiger partial charge in [-0.3, -0.25) is 14.0 Å². The van der Waals surface area contributed by atoms with Gasteiger partial charge in [-0.1, -0.05) is 47.5 Å². The molecule has 1 aliphatic rings. The number of hydrazone groups is 1. The van der Waals surface area contributed by atoms with E-state index >= 15 is 0 Å². The number of amides is 1. The normalized spacial score (nSPS) is 17.8. The lowest BCUT2D eigenvalue weighted by atomic mass is 9.99. The Labute approximate surface area is 154 Å².